The highest BCUT2D eigenvalue weighted by atomic mass is 32.1. The SMILES string of the molecule is CN(CCc1csc(N)n1)c1cccc(F)c1. The second kappa shape index (κ2) is 5.14. The molecule has 0 radical (unpaired) electrons. The Hall–Kier alpha value is -1.62. The average Bonchev–Trinajstić information content (AvgIpc) is 2.72. The summed E-state index contributed by atoms with van der Waals surface area (Å²) in [4.78, 5) is 6.19. The van der Waals surface area contributed by atoms with Crippen LogP contribution in [0.25, 0.3) is 0 Å². The molecule has 0 aliphatic heterocycles. The first kappa shape index (κ1) is 11.9. The summed E-state index contributed by atoms with van der Waals surface area (Å²) in [5.74, 6) is -0.216. The highest BCUT2D eigenvalue weighted by Crippen LogP contribution is 2.16. The number of hydrogen-bond acceptors (Lipinski definition) is 4. The quantitative estimate of drug-likeness (QED) is 0.908. The standard InChI is InChI=1S/C12H14FN3S/c1-16(11-4-2-3-9(13)7-11)6-5-10-8-17-12(14)15-10/h2-4,7-8H,5-6H2,1H3,(H2,14,15). The maximum atomic E-state index is 13.0. The Bertz CT molecular complexity index is 498. The van der Waals surface area contributed by atoms with Gasteiger partial charge in [0, 0.05) is 31.1 Å². The van der Waals surface area contributed by atoms with Gasteiger partial charge in [-0.2, -0.15) is 0 Å². The summed E-state index contributed by atoms with van der Waals surface area (Å²) in [7, 11) is 1.94. The van der Waals surface area contributed by atoms with Crippen LogP contribution in [0.15, 0.2) is 29.6 Å². The topological polar surface area (TPSA) is 42.1 Å². The van der Waals surface area contributed by atoms with Gasteiger partial charge in [-0.25, -0.2) is 9.37 Å². The lowest BCUT2D eigenvalue weighted by Crippen LogP contribution is -2.20. The molecule has 5 heteroatoms. The van der Waals surface area contributed by atoms with Gasteiger partial charge in [0.15, 0.2) is 5.13 Å². The fraction of sp³-hybridized carbons (Fsp3) is 0.250. The number of benzene rings is 1. The monoisotopic (exact) mass is 251 g/mol. The van der Waals surface area contributed by atoms with E-state index in [0.717, 1.165) is 24.3 Å². The van der Waals surface area contributed by atoms with Crippen molar-refractivity contribution in [1.29, 1.82) is 0 Å². The van der Waals surface area contributed by atoms with E-state index in [1.165, 1.54) is 23.5 Å². The van der Waals surface area contributed by atoms with Gasteiger partial charge < -0.3 is 10.6 Å². The lowest BCUT2D eigenvalue weighted by atomic mass is 10.2. The second-order valence-corrected chi connectivity index (χ2v) is 4.72. The molecule has 0 bridgehead atoms. The van der Waals surface area contributed by atoms with Crippen LogP contribution in [0.1, 0.15) is 5.69 Å². The van der Waals surface area contributed by atoms with Crippen molar-refractivity contribution in [1.82, 2.24) is 4.98 Å². The molecule has 0 amide bonds. The minimum Gasteiger partial charge on any atom is -0.375 e. The maximum absolute atomic E-state index is 13.0. The minimum absolute atomic E-state index is 0.216. The Morgan fingerprint density at radius 3 is 2.94 bits per heavy atom. The number of halogens is 1. The molecule has 2 N–H and O–H groups in total. The van der Waals surface area contributed by atoms with Gasteiger partial charge in [-0.1, -0.05) is 6.07 Å². The normalized spacial score (nSPS) is 10.5. The van der Waals surface area contributed by atoms with Crippen molar-refractivity contribution >= 4 is 22.2 Å². The number of rotatable bonds is 4. The molecule has 17 heavy (non-hydrogen) atoms. The van der Waals surface area contributed by atoms with Crippen LogP contribution in [-0.4, -0.2) is 18.6 Å². The molecule has 0 fully saturated rings. The van der Waals surface area contributed by atoms with Gasteiger partial charge in [-0.3, -0.25) is 0 Å². The minimum atomic E-state index is -0.216. The average molecular weight is 251 g/mol. The summed E-state index contributed by atoms with van der Waals surface area (Å²) < 4.78 is 13.0. The van der Waals surface area contributed by atoms with Gasteiger partial charge in [-0.15, -0.1) is 11.3 Å². The Morgan fingerprint density at radius 2 is 2.29 bits per heavy atom. The van der Waals surface area contributed by atoms with Gasteiger partial charge in [0.1, 0.15) is 5.82 Å². The van der Waals surface area contributed by atoms with Gasteiger partial charge in [0.25, 0.3) is 0 Å². The zero-order valence-electron chi connectivity index (χ0n) is 9.56. The van der Waals surface area contributed by atoms with E-state index in [1.807, 2.05) is 23.4 Å². The van der Waals surface area contributed by atoms with E-state index in [0.29, 0.717) is 5.13 Å². The van der Waals surface area contributed by atoms with E-state index in [2.05, 4.69) is 4.98 Å². The van der Waals surface area contributed by atoms with Crippen LogP contribution in [0.4, 0.5) is 15.2 Å². The maximum Gasteiger partial charge on any atom is 0.180 e. The number of hydrogen-bond donors (Lipinski definition) is 1. The first-order valence-corrected chi connectivity index (χ1v) is 6.19. The molecule has 90 valence electrons. The van der Waals surface area contributed by atoms with Crippen molar-refractivity contribution < 1.29 is 4.39 Å². The van der Waals surface area contributed by atoms with E-state index < -0.39 is 0 Å². The van der Waals surface area contributed by atoms with Crippen LogP contribution in [0, 0.1) is 5.82 Å². The van der Waals surface area contributed by atoms with Gasteiger partial charge in [0.05, 0.1) is 5.69 Å². The number of likely N-dealkylation sites (N-methyl/N-ethyl adjacent to an activating group) is 1. The Labute approximate surface area is 104 Å². The number of nitrogens with zero attached hydrogens (tertiary/aromatic N) is 2. The summed E-state index contributed by atoms with van der Waals surface area (Å²) in [6, 6.07) is 6.56. The third kappa shape index (κ3) is 3.17. The van der Waals surface area contributed by atoms with E-state index in [1.54, 1.807) is 6.07 Å². The van der Waals surface area contributed by atoms with E-state index in [9.17, 15) is 4.39 Å². The van der Waals surface area contributed by atoms with Crippen molar-refractivity contribution in [2.75, 3.05) is 24.2 Å². The molecule has 1 aromatic heterocycles. The van der Waals surface area contributed by atoms with Gasteiger partial charge >= 0.3 is 0 Å². The molecule has 0 spiro atoms. The molecule has 0 unspecified atom stereocenters. The number of nitrogen functional groups attached to an aromatic ring is 1. The molecule has 1 aromatic carbocycles. The number of aromatic nitrogens is 1. The molecule has 0 saturated carbocycles. The second-order valence-electron chi connectivity index (χ2n) is 3.83. The predicted molar refractivity (Wildman–Crippen MR) is 69.9 cm³/mol. The summed E-state index contributed by atoms with van der Waals surface area (Å²) in [5.41, 5.74) is 7.41. The van der Waals surface area contributed by atoms with Gasteiger partial charge in [-0.05, 0) is 18.2 Å². The summed E-state index contributed by atoms with van der Waals surface area (Å²) in [6.07, 6.45) is 0.806. The first-order valence-electron chi connectivity index (χ1n) is 5.32. The number of thiazole rings is 1. The first-order chi connectivity index (χ1) is 8.15. The van der Waals surface area contributed by atoms with E-state index in [4.69, 9.17) is 5.73 Å². The van der Waals surface area contributed by atoms with Crippen LogP contribution in [0.3, 0.4) is 0 Å². The molecule has 2 rings (SSSR count). The van der Waals surface area contributed by atoms with Crippen LogP contribution in [0.5, 0.6) is 0 Å². The Balaban J connectivity index is 1.95. The van der Waals surface area contributed by atoms with Crippen LogP contribution in [0.2, 0.25) is 0 Å². The molecule has 0 atom stereocenters. The van der Waals surface area contributed by atoms with E-state index >= 15 is 0 Å². The number of anilines is 2. The molecular weight excluding hydrogens is 237 g/mol. The molecule has 2 aromatic rings. The lowest BCUT2D eigenvalue weighted by Gasteiger charge is -2.18. The van der Waals surface area contributed by atoms with Crippen molar-refractivity contribution in [3.8, 4) is 0 Å². The van der Waals surface area contributed by atoms with Crippen LogP contribution >= 0.6 is 11.3 Å². The molecule has 0 aliphatic carbocycles. The van der Waals surface area contributed by atoms with Crippen LogP contribution in [-0.2, 0) is 6.42 Å². The zero-order valence-corrected chi connectivity index (χ0v) is 10.4. The van der Waals surface area contributed by atoms with Crippen molar-refractivity contribution in [2.24, 2.45) is 0 Å². The fourth-order valence-electron chi connectivity index (χ4n) is 1.56. The summed E-state index contributed by atoms with van der Waals surface area (Å²) in [5, 5.41) is 2.54. The highest BCUT2D eigenvalue weighted by Gasteiger charge is 2.04. The Kier molecular flexibility index (Phi) is 3.58. The predicted octanol–water partition coefficient (Wildman–Crippen LogP) is 2.54. The van der Waals surface area contributed by atoms with Crippen molar-refractivity contribution in [3.05, 3.63) is 41.2 Å². The molecular formula is C12H14FN3S. The van der Waals surface area contributed by atoms with E-state index in [-0.39, 0.29) is 5.82 Å². The summed E-state index contributed by atoms with van der Waals surface area (Å²) in [6.45, 7) is 0.784. The fourth-order valence-corrected chi connectivity index (χ4v) is 2.16. The molecule has 3 nitrogen and oxygen atoms in total. The summed E-state index contributed by atoms with van der Waals surface area (Å²) >= 11 is 1.44. The molecule has 0 aliphatic rings. The Morgan fingerprint density at radius 1 is 1.47 bits per heavy atom. The van der Waals surface area contributed by atoms with Crippen molar-refractivity contribution in [3.63, 3.8) is 0 Å². The van der Waals surface area contributed by atoms with Crippen LogP contribution < -0.4 is 10.6 Å². The van der Waals surface area contributed by atoms with Gasteiger partial charge in [0.2, 0.25) is 0 Å². The highest BCUT2D eigenvalue weighted by molar-refractivity contribution is 7.13. The molecule has 1 heterocycles. The smallest absolute Gasteiger partial charge is 0.180 e. The largest absolute Gasteiger partial charge is 0.375 e. The van der Waals surface area contributed by atoms with Crippen molar-refractivity contribution in [2.45, 2.75) is 6.42 Å². The molecule has 0 saturated heterocycles. The zero-order chi connectivity index (χ0) is 12.3. The third-order valence-corrected chi connectivity index (χ3v) is 3.24. The lowest BCUT2D eigenvalue weighted by molar-refractivity contribution is 0.627. The third-order valence-electron chi connectivity index (χ3n) is 2.52. The number of nitrogens with two attached hydrogens (primary N) is 1.